The Balaban J connectivity index is 1.70. The van der Waals surface area contributed by atoms with Crippen molar-refractivity contribution in [2.24, 2.45) is 0 Å². The fourth-order valence-corrected chi connectivity index (χ4v) is 4.34. The summed E-state index contributed by atoms with van der Waals surface area (Å²) in [6.45, 7) is 1.94. The number of thioether (sulfide) groups is 1. The van der Waals surface area contributed by atoms with Crippen LogP contribution in [0.1, 0.15) is 15.9 Å². The standard InChI is InChI=1S/C24H21ClN4O3S/c1-15-19(25)5-4-6-20(15)29-23(16-9-11-26-12-10-16)27-28-24(29)33-14-21(30)18-8-7-17(31-2)13-22(18)32-3/h4-13H,14H2,1-3H3. The number of ether oxygens (including phenoxy) is 2. The zero-order valence-electron chi connectivity index (χ0n) is 18.3. The molecule has 2 aromatic heterocycles. The molecule has 0 saturated carbocycles. The van der Waals surface area contributed by atoms with Crippen molar-refractivity contribution in [1.82, 2.24) is 19.7 Å². The fourth-order valence-electron chi connectivity index (χ4n) is 3.34. The maximum absolute atomic E-state index is 13.0. The Hall–Kier alpha value is -3.36. The molecule has 168 valence electrons. The summed E-state index contributed by atoms with van der Waals surface area (Å²) in [5, 5.41) is 10.0. The van der Waals surface area contributed by atoms with Crippen molar-refractivity contribution >= 4 is 29.1 Å². The van der Waals surface area contributed by atoms with Crippen molar-refractivity contribution in [3.63, 3.8) is 0 Å². The van der Waals surface area contributed by atoms with Gasteiger partial charge in [-0.1, -0.05) is 29.4 Å². The first-order valence-electron chi connectivity index (χ1n) is 10.0. The predicted molar refractivity (Wildman–Crippen MR) is 129 cm³/mol. The van der Waals surface area contributed by atoms with Crippen LogP contribution in [-0.4, -0.2) is 45.5 Å². The normalized spacial score (nSPS) is 10.8. The highest BCUT2D eigenvalue weighted by Crippen LogP contribution is 2.32. The summed E-state index contributed by atoms with van der Waals surface area (Å²) in [5.41, 5.74) is 3.06. The summed E-state index contributed by atoms with van der Waals surface area (Å²) >= 11 is 7.70. The van der Waals surface area contributed by atoms with Crippen molar-refractivity contribution in [2.45, 2.75) is 12.1 Å². The molecule has 0 aliphatic rings. The second kappa shape index (κ2) is 10.1. The SMILES string of the molecule is COc1ccc(C(=O)CSc2nnc(-c3ccncc3)n2-c2cccc(Cl)c2C)c(OC)c1. The van der Waals surface area contributed by atoms with Gasteiger partial charge in [-0.05, 0) is 48.9 Å². The van der Waals surface area contributed by atoms with Crippen LogP contribution in [0.4, 0.5) is 0 Å². The zero-order valence-corrected chi connectivity index (χ0v) is 19.9. The molecule has 4 rings (SSSR count). The van der Waals surface area contributed by atoms with Gasteiger partial charge < -0.3 is 9.47 Å². The molecular formula is C24H21ClN4O3S. The predicted octanol–water partition coefficient (Wildman–Crippen LogP) is 5.28. The average Bonchev–Trinajstić information content (AvgIpc) is 3.28. The summed E-state index contributed by atoms with van der Waals surface area (Å²) in [5.74, 6) is 1.78. The lowest BCUT2D eigenvalue weighted by molar-refractivity contribution is 0.101. The van der Waals surface area contributed by atoms with Crippen LogP contribution in [0, 0.1) is 6.92 Å². The van der Waals surface area contributed by atoms with E-state index in [2.05, 4.69) is 15.2 Å². The number of hydrogen-bond donors (Lipinski definition) is 0. The maximum Gasteiger partial charge on any atom is 0.196 e. The molecule has 9 heteroatoms. The maximum atomic E-state index is 13.0. The number of nitrogens with zero attached hydrogens (tertiary/aromatic N) is 4. The van der Waals surface area contributed by atoms with Crippen LogP contribution in [0.5, 0.6) is 11.5 Å². The quantitative estimate of drug-likeness (QED) is 0.250. The van der Waals surface area contributed by atoms with E-state index >= 15 is 0 Å². The van der Waals surface area contributed by atoms with Gasteiger partial charge in [-0.3, -0.25) is 14.3 Å². The number of carbonyl (C=O) groups excluding carboxylic acids is 1. The first kappa shape index (κ1) is 22.8. The van der Waals surface area contributed by atoms with Crippen LogP contribution in [0.3, 0.4) is 0 Å². The molecular weight excluding hydrogens is 460 g/mol. The molecule has 0 bridgehead atoms. The minimum absolute atomic E-state index is 0.0951. The third kappa shape index (κ3) is 4.72. The number of Topliss-reactive ketones (excluding diaryl/α,β-unsaturated/α-hetero) is 1. The Labute approximate surface area is 200 Å². The summed E-state index contributed by atoms with van der Waals surface area (Å²) in [7, 11) is 3.09. The monoisotopic (exact) mass is 480 g/mol. The van der Waals surface area contributed by atoms with Crippen molar-refractivity contribution in [1.29, 1.82) is 0 Å². The van der Waals surface area contributed by atoms with Crippen LogP contribution in [0.25, 0.3) is 17.1 Å². The number of ketones is 1. The van der Waals surface area contributed by atoms with E-state index < -0.39 is 0 Å². The van der Waals surface area contributed by atoms with E-state index in [1.165, 1.54) is 18.9 Å². The van der Waals surface area contributed by atoms with Crippen molar-refractivity contribution in [3.05, 3.63) is 77.1 Å². The van der Waals surface area contributed by atoms with E-state index in [1.807, 2.05) is 41.8 Å². The van der Waals surface area contributed by atoms with Gasteiger partial charge >= 0.3 is 0 Å². The average molecular weight is 481 g/mol. The van der Waals surface area contributed by atoms with Crippen LogP contribution in [0.2, 0.25) is 5.02 Å². The number of carbonyl (C=O) groups is 1. The van der Waals surface area contributed by atoms with Crippen molar-refractivity contribution in [2.75, 3.05) is 20.0 Å². The second-order valence-corrected chi connectivity index (χ2v) is 8.39. The molecule has 0 radical (unpaired) electrons. The summed E-state index contributed by atoms with van der Waals surface area (Å²) in [4.78, 5) is 17.1. The summed E-state index contributed by atoms with van der Waals surface area (Å²) in [6, 6.07) is 14.5. The minimum atomic E-state index is -0.0951. The highest BCUT2D eigenvalue weighted by molar-refractivity contribution is 7.99. The Morgan fingerprint density at radius 3 is 2.58 bits per heavy atom. The van der Waals surface area contributed by atoms with E-state index in [1.54, 1.807) is 37.7 Å². The lowest BCUT2D eigenvalue weighted by Gasteiger charge is -2.14. The molecule has 0 aliphatic heterocycles. The molecule has 0 fully saturated rings. The highest BCUT2D eigenvalue weighted by atomic mass is 35.5. The lowest BCUT2D eigenvalue weighted by atomic mass is 10.1. The topological polar surface area (TPSA) is 79.1 Å². The van der Waals surface area contributed by atoms with Gasteiger partial charge in [-0.25, -0.2) is 0 Å². The fraction of sp³-hybridized carbons (Fsp3) is 0.167. The van der Waals surface area contributed by atoms with E-state index in [0.29, 0.717) is 33.1 Å². The molecule has 0 aliphatic carbocycles. The van der Waals surface area contributed by atoms with Crippen molar-refractivity contribution < 1.29 is 14.3 Å². The number of methoxy groups -OCH3 is 2. The molecule has 2 aromatic carbocycles. The molecule has 0 unspecified atom stereocenters. The van der Waals surface area contributed by atoms with Crippen LogP contribution in [0.15, 0.2) is 66.1 Å². The number of benzene rings is 2. The van der Waals surface area contributed by atoms with Gasteiger partial charge in [0.15, 0.2) is 16.8 Å². The van der Waals surface area contributed by atoms with Crippen LogP contribution >= 0.6 is 23.4 Å². The van der Waals surface area contributed by atoms with Gasteiger partial charge in [-0.15, -0.1) is 10.2 Å². The van der Waals surface area contributed by atoms with Gasteiger partial charge in [0, 0.05) is 29.0 Å². The van der Waals surface area contributed by atoms with E-state index in [4.69, 9.17) is 21.1 Å². The van der Waals surface area contributed by atoms with Gasteiger partial charge in [-0.2, -0.15) is 0 Å². The number of pyridine rings is 1. The van der Waals surface area contributed by atoms with Crippen LogP contribution in [-0.2, 0) is 0 Å². The Bertz CT molecular complexity index is 1290. The van der Waals surface area contributed by atoms with Gasteiger partial charge in [0.2, 0.25) is 0 Å². The summed E-state index contributed by atoms with van der Waals surface area (Å²) < 4.78 is 12.5. The molecule has 0 saturated heterocycles. The number of halogens is 1. The van der Waals surface area contributed by atoms with Crippen molar-refractivity contribution in [3.8, 4) is 28.6 Å². The Morgan fingerprint density at radius 1 is 1.06 bits per heavy atom. The molecule has 0 atom stereocenters. The molecule has 0 amide bonds. The van der Waals surface area contributed by atoms with Gasteiger partial charge in [0.25, 0.3) is 0 Å². The zero-order chi connectivity index (χ0) is 23.4. The van der Waals surface area contributed by atoms with E-state index in [0.717, 1.165) is 16.8 Å². The van der Waals surface area contributed by atoms with Gasteiger partial charge in [0.05, 0.1) is 31.2 Å². The first-order valence-corrected chi connectivity index (χ1v) is 11.4. The molecule has 33 heavy (non-hydrogen) atoms. The van der Waals surface area contributed by atoms with Crippen LogP contribution < -0.4 is 9.47 Å². The molecule has 7 nitrogen and oxygen atoms in total. The Morgan fingerprint density at radius 2 is 1.85 bits per heavy atom. The highest BCUT2D eigenvalue weighted by Gasteiger charge is 2.21. The largest absolute Gasteiger partial charge is 0.497 e. The lowest BCUT2D eigenvalue weighted by Crippen LogP contribution is -2.07. The van der Waals surface area contributed by atoms with E-state index in [9.17, 15) is 4.79 Å². The molecule has 0 N–H and O–H groups in total. The molecule has 0 spiro atoms. The third-order valence-corrected chi connectivity index (χ3v) is 6.43. The number of rotatable bonds is 8. The third-order valence-electron chi connectivity index (χ3n) is 5.09. The summed E-state index contributed by atoms with van der Waals surface area (Å²) in [6.07, 6.45) is 3.40. The number of hydrogen-bond acceptors (Lipinski definition) is 7. The second-order valence-electron chi connectivity index (χ2n) is 7.04. The number of aromatic nitrogens is 4. The smallest absolute Gasteiger partial charge is 0.196 e. The van der Waals surface area contributed by atoms with E-state index in [-0.39, 0.29) is 11.5 Å². The molecule has 4 aromatic rings. The molecule has 2 heterocycles. The van der Waals surface area contributed by atoms with Gasteiger partial charge in [0.1, 0.15) is 11.5 Å². The Kier molecular flexibility index (Phi) is 6.96. The minimum Gasteiger partial charge on any atom is -0.497 e. The first-order chi connectivity index (χ1) is 16.0.